The highest BCUT2D eigenvalue weighted by atomic mass is 16.5. The van der Waals surface area contributed by atoms with Gasteiger partial charge >= 0.3 is 0 Å². The summed E-state index contributed by atoms with van der Waals surface area (Å²) in [4.78, 5) is 22.5. The van der Waals surface area contributed by atoms with Gasteiger partial charge in [-0.2, -0.15) is 0 Å². The molecule has 0 aliphatic heterocycles. The maximum atomic E-state index is 12.5. The molecule has 1 N–H and O–H groups in total. The SMILES string of the molecule is COc1cccc(Nc2ncc(C(=O)N(C)c3ccccc3)cn2)c1. The van der Waals surface area contributed by atoms with E-state index in [9.17, 15) is 4.79 Å². The molecule has 0 spiro atoms. The summed E-state index contributed by atoms with van der Waals surface area (Å²) in [6, 6.07) is 16.9. The van der Waals surface area contributed by atoms with E-state index in [2.05, 4.69) is 15.3 Å². The van der Waals surface area contributed by atoms with Gasteiger partial charge in [0.2, 0.25) is 5.95 Å². The van der Waals surface area contributed by atoms with Crippen LogP contribution < -0.4 is 15.0 Å². The second-order valence-corrected chi connectivity index (χ2v) is 5.35. The number of aromatic nitrogens is 2. The third kappa shape index (κ3) is 3.92. The minimum atomic E-state index is -0.167. The van der Waals surface area contributed by atoms with Crippen molar-refractivity contribution in [2.45, 2.75) is 0 Å². The number of benzene rings is 2. The zero-order valence-electron chi connectivity index (χ0n) is 14.0. The summed E-state index contributed by atoms with van der Waals surface area (Å²) in [5, 5.41) is 3.08. The first-order valence-corrected chi connectivity index (χ1v) is 7.73. The lowest BCUT2D eigenvalue weighted by molar-refractivity contribution is 0.0992. The third-order valence-electron chi connectivity index (χ3n) is 3.67. The Balaban J connectivity index is 1.72. The molecule has 126 valence electrons. The molecule has 1 aromatic heterocycles. The average Bonchev–Trinajstić information content (AvgIpc) is 2.68. The molecule has 3 rings (SSSR count). The maximum absolute atomic E-state index is 12.5. The van der Waals surface area contributed by atoms with Crippen LogP contribution in [0, 0.1) is 0 Å². The van der Waals surface area contributed by atoms with E-state index >= 15 is 0 Å². The molecule has 6 heteroatoms. The fourth-order valence-corrected chi connectivity index (χ4v) is 2.30. The first kappa shape index (κ1) is 16.4. The van der Waals surface area contributed by atoms with Crippen LogP contribution in [0.15, 0.2) is 67.0 Å². The lowest BCUT2D eigenvalue weighted by atomic mass is 10.2. The molecule has 0 saturated carbocycles. The first-order valence-electron chi connectivity index (χ1n) is 7.73. The average molecular weight is 334 g/mol. The molecule has 0 radical (unpaired) electrons. The van der Waals surface area contributed by atoms with Crippen LogP contribution in [0.3, 0.4) is 0 Å². The van der Waals surface area contributed by atoms with Crippen LogP contribution in [0.5, 0.6) is 5.75 Å². The van der Waals surface area contributed by atoms with Crippen molar-refractivity contribution < 1.29 is 9.53 Å². The Labute approximate surface area is 146 Å². The largest absolute Gasteiger partial charge is 0.497 e. The summed E-state index contributed by atoms with van der Waals surface area (Å²) >= 11 is 0. The van der Waals surface area contributed by atoms with Crippen molar-refractivity contribution >= 4 is 23.2 Å². The van der Waals surface area contributed by atoms with Gasteiger partial charge in [-0.1, -0.05) is 24.3 Å². The predicted octanol–water partition coefficient (Wildman–Crippen LogP) is 3.51. The molecule has 0 aliphatic rings. The molecule has 3 aromatic rings. The highest BCUT2D eigenvalue weighted by Gasteiger charge is 2.14. The Morgan fingerprint density at radius 1 is 1.04 bits per heavy atom. The van der Waals surface area contributed by atoms with Crippen molar-refractivity contribution in [1.82, 2.24) is 9.97 Å². The van der Waals surface area contributed by atoms with Gasteiger partial charge in [0, 0.05) is 36.9 Å². The number of carbonyl (C=O) groups is 1. The predicted molar refractivity (Wildman–Crippen MR) is 97.5 cm³/mol. The van der Waals surface area contributed by atoms with E-state index in [1.165, 1.54) is 12.4 Å². The number of carbonyl (C=O) groups excluding carboxylic acids is 1. The number of para-hydroxylation sites is 1. The van der Waals surface area contributed by atoms with Crippen LogP contribution in [0.4, 0.5) is 17.3 Å². The number of anilines is 3. The Hall–Kier alpha value is -3.41. The van der Waals surface area contributed by atoms with Gasteiger partial charge in [0.15, 0.2) is 0 Å². The second-order valence-electron chi connectivity index (χ2n) is 5.35. The van der Waals surface area contributed by atoms with Crippen LogP contribution in [0.25, 0.3) is 0 Å². The number of nitrogens with zero attached hydrogens (tertiary/aromatic N) is 3. The van der Waals surface area contributed by atoms with Gasteiger partial charge in [-0.15, -0.1) is 0 Å². The van der Waals surface area contributed by atoms with Crippen molar-refractivity contribution in [1.29, 1.82) is 0 Å². The number of methoxy groups -OCH3 is 1. The lowest BCUT2D eigenvalue weighted by Crippen LogP contribution is -2.26. The second kappa shape index (κ2) is 7.44. The van der Waals surface area contributed by atoms with Gasteiger partial charge in [0.05, 0.1) is 12.7 Å². The quantitative estimate of drug-likeness (QED) is 0.773. The normalized spacial score (nSPS) is 10.2. The number of hydrogen-bond acceptors (Lipinski definition) is 5. The molecule has 1 heterocycles. The Bertz CT molecular complexity index is 851. The topological polar surface area (TPSA) is 67.3 Å². The highest BCUT2D eigenvalue weighted by Crippen LogP contribution is 2.19. The van der Waals surface area contributed by atoms with Gasteiger partial charge < -0.3 is 15.0 Å². The van der Waals surface area contributed by atoms with Crippen molar-refractivity contribution in [2.24, 2.45) is 0 Å². The molecular formula is C19H18N4O2. The standard InChI is InChI=1S/C19H18N4O2/c1-23(16-8-4-3-5-9-16)18(24)14-12-20-19(21-13-14)22-15-7-6-10-17(11-15)25-2/h3-13H,1-2H3,(H,20,21,22). The van der Waals surface area contributed by atoms with Gasteiger partial charge in [0.1, 0.15) is 5.75 Å². The lowest BCUT2D eigenvalue weighted by Gasteiger charge is -2.17. The molecular weight excluding hydrogens is 316 g/mol. The fourth-order valence-electron chi connectivity index (χ4n) is 2.30. The van der Waals surface area contributed by atoms with Gasteiger partial charge in [-0.25, -0.2) is 9.97 Å². The molecule has 6 nitrogen and oxygen atoms in total. The molecule has 0 aliphatic carbocycles. The van der Waals surface area contributed by atoms with E-state index < -0.39 is 0 Å². The zero-order chi connectivity index (χ0) is 17.6. The molecule has 0 bridgehead atoms. The van der Waals surface area contributed by atoms with E-state index in [1.807, 2.05) is 54.6 Å². The van der Waals surface area contributed by atoms with Crippen LogP contribution in [0.2, 0.25) is 0 Å². The van der Waals surface area contributed by atoms with Crippen molar-refractivity contribution in [2.75, 3.05) is 24.4 Å². The summed E-state index contributed by atoms with van der Waals surface area (Å²) in [5.41, 5.74) is 2.04. The van der Waals surface area contributed by atoms with E-state index in [0.717, 1.165) is 17.1 Å². The molecule has 0 atom stereocenters. The van der Waals surface area contributed by atoms with Crippen LogP contribution in [0.1, 0.15) is 10.4 Å². The van der Waals surface area contributed by atoms with Gasteiger partial charge in [0.25, 0.3) is 5.91 Å². The molecule has 1 amide bonds. The Morgan fingerprint density at radius 3 is 2.44 bits per heavy atom. The fraction of sp³-hybridized carbons (Fsp3) is 0.105. The summed E-state index contributed by atoms with van der Waals surface area (Å²) in [7, 11) is 3.33. The van der Waals surface area contributed by atoms with Gasteiger partial charge in [-0.05, 0) is 24.3 Å². The molecule has 0 saturated heterocycles. The minimum Gasteiger partial charge on any atom is -0.497 e. The summed E-state index contributed by atoms with van der Waals surface area (Å²) in [6.07, 6.45) is 3.02. The Morgan fingerprint density at radius 2 is 1.76 bits per heavy atom. The van der Waals surface area contributed by atoms with E-state index in [1.54, 1.807) is 19.1 Å². The minimum absolute atomic E-state index is 0.167. The number of nitrogens with one attached hydrogen (secondary N) is 1. The highest BCUT2D eigenvalue weighted by molar-refractivity contribution is 6.05. The summed E-state index contributed by atoms with van der Waals surface area (Å²) in [5.74, 6) is 0.979. The number of rotatable bonds is 5. The van der Waals surface area contributed by atoms with Crippen LogP contribution >= 0.6 is 0 Å². The number of hydrogen-bond donors (Lipinski definition) is 1. The van der Waals surface area contributed by atoms with E-state index in [0.29, 0.717) is 11.5 Å². The summed E-state index contributed by atoms with van der Waals surface area (Å²) in [6.45, 7) is 0. The zero-order valence-corrected chi connectivity index (χ0v) is 14.0. The van der Waals surface area contributed by atoms with E-state index in [4.69, 9.17) is 4.74 Å². The molecule has 2 aromatic carbocycles. The third-order valence-corrected chi connectivity index (χ3v) is 3.67. The smallest absolute Gasteiger partial charge is 0.261 e. The number of ether oxygens (including phenoxy) is 1. The van der Waals surface area contributed by atoms with Crippen molar-refractivity contribution in [3.63, 3.8) is 0 Å². The van der Waals surface area contributed by atoms with Crippen LogP contribution in [-0.4, -0.2) is 30.0 Å². The summed E-state index contributed by atoms with van der Waals surface area (Å²) < 4.78 is 5.18. The first-order chi connectivity index (χ1) is 12.2. The monoisotopic (exact) mass is 334 g/mol. The van der Waals surface area contributed by atoms with Gasteiger partial charge in [-0.3, -0.25) is 4.79 Å². The number of amides is 1. The molecule has 0 fully saturated rings. The Kier molecular flexibility index (Phi) is 4.89. The van der Waals surface area contributed by atoms with Crippen molar-refractivity contribution in [3.05, 3.63) is 72.6 Å². The maximum Gasteiger partial charge on any atom is 0.261 e. The molecule has 0 unspecified atom stereocenters. The molecule has 25 heavy (non-hydrogen) atoms. The van der Waals surface area contributed by atoms with Crippen LogP contribution in [-0.2, 0) is 0 Å². The van der Waals surface area contributed by atoms with E-state index in [-0.39, 0.29) is 5.91 Å². The van der Waals surface area contributed by atoms with Crippen molar-refractivity contribution in [3.8, 4) is 5.75 Å².